The summed E-state index contributed by atoms with van der Waals surface area (Å²) in [5, 5.41) is 2.75. The molecule has 0 radical (unpaired) electrons. The zero-order valence-corrected chi connectivity index (χ0v) is 21.4. The molecule has 1 aromatic heterocycles. The summed E-state index contributed by atoms with van der Waals surface area (Å²) in [6.07, 6.45) is 11.8. The first-order chi connectivity index (χ1) is 15.2. The molecule has 2 amide bonds. The SMILES string of the molecule is CCC(C)(C)C.CNC(=O)c1nc(CCC2CCCCC2)n2c1CN(C)CCC2.NC=O. The number of nitrogens with one attached hydrogen (secondary N) is 1. The minimum absolute atomic E-state index is 0.0482. The van der Waals surface area contributed by atoms with Crippen LogP contribution >= 0.6 is 0 Å². The van der Waals surface area contributed by atoms with Gasteiger partial charge in [0.25, 0.3) is 5.91 Å². The molecule has 7 heteroatoms. The number of nitrogens with two attached hydrogens (primary N) is 1. The summed E-state index contributed by atoms with van der Waals surface area (Å²) < 4.78 is 2.33. The maximum atomic E-state index is 12.2. The summed E-state index contributed by atoms with van der Waals surface area (Å²) in [7, 11) is 3.81. The van der Waals surface area contributed by atoms with E-state index in [0.717, 1.165) is 49.9 Å². The second-order valence-corrected chi connectivity index (χ2v) is 10.2. The number of aromatic nitrogens is 2. The van der Waals surface area contributed by atoms with Crippen LogP contribution in [0.1, 0.15) is 101 Å². The van der Waals surface area contributed by atoms with Gasteiger partial charge in [0.05, 0.1) is 5.69 Å². The molecule has 3 N–H and O–H groups in total. The molecule has 3 rings (SSSR count). The second-order valence-electron chi connectivity index (χ2n) is 10.2. The Morgan fingerprint density at radius 1 is 1.19 bits per heavy atom. The van der Waals surface area contributed by atoms with Gasteiger partial charge in [0, 0.05) is 26.6 Å². The quantitative estimate of drug-likeness (QED) is 0.676. The van der Waals surface area contributed by atoms with E-state index in [0.29, 0.717) is 11.1 Å². The maximum Gasteiger partial charge on any atom is 0.271 e. The van der Waals surface area contributed by atoms with Crippen LogP contribution in [0.25, 0.3) is 0 Å². The molecule has 0 atom stereocenters. The smallest absolute Gasteiger partial charge is 0.271 e. The van der Waals surface area contributed by atoms with Crippen molar-refractivity contribution in [1.82, 2.24) is 19.8 Å². The van der Waals surface area contributed by atoms with E-state index in [1.807, 2.05) is 0 Å². The van der Waals surface area contributed by atoms with Crippen molar-refractivity contribution in [3.05, 3.63) is 17.2 Å². The van der Waals surface area contributed by atoms with Gasteiger partial charge >= 0.3 is 0 Å². The highest BCUT2D eigenvalue weighted by molar-refractivity contribution is 5.93. The monoisotopic (exact) mass is 449 g/mol. The molecule has 1 saturated carbocycles. The molecule has 0 spiro atoms. The Morgan fingerprint density at radius 3 is 2.31 bits per heavy atom. The van der Waals surface area contributed by atoms with Gasteiger partial charge in [-0.25, -0.2) is 4.98 Å². The Balaban J connectivity index is 0.000000486. The van der Waals surface area contributed by atoms with Crippen LogP contribution in [0.15, 0.2) is 0 Å². The van der Waals surface area contributed by atoms with Gasteiger partial charge in [0.2, 0.25) is 6.41 Å². The molecule has 0 bridgehead atoms. The lowest BCUT2D eigenvalue weighted by molar-refractivity contribution is -0.106. The summed E-state index contributed by atoms with van der Waals surface area (Å²) in [5.41, 5.74) is 6.45. The van der Waals surface area contributed by atoms with Crippen LogP contribution in [0.5, 0.6) is 0 Å². The molecule has 1 aliphatic heterocycles. The van der Waals surface area contributed by atoms with Crippen molar-refractivity contribution in [3.8, 4) is 0 Å². The summed E-state index contributed by atoms with van der Waals surface area (Å²) >= 11 is 0. The zero-order chi connectivity index (χ0) is 24.1. The van der Waals surface area contributed by atoms with Crippen molar-refractivity contribution < 1.29 is 9.59 Å². The van der Waals surface area contributed by atoms with Gasteiger partial charge in [-0.3, -0.25) is 9.59 Å². The molecule has 1 fully saturated rings. The molecule has 7 nitrogen and oxygen atoms in total. The molecule has 1 aromatic rings. The van der Waals surface area contributed by atoms with E-state index in [9.17, 15) is 4.79 Å². The number of nitrogens with zero attached hydrogens (tertiary/aromatic N) is 3. The number of imidazole rings is 1. The molecular weight excluding hydrogens is 402 g/mol. The van der Waals surface area contributed by atoms with E-state index in [-0.39, 0.29) is 12.3 Å². The molecule has 1 aliphatic carbocycles. The van der Waals surface area contributed by atoms with E-state index in [1.54, 1.807) is 7.05 Å². The van der Waals surface area contributed by atoms with Crippen molar-refractivity contribution >= 4 is 12.3 Å². The average molecular weight is 450 g/mol. The summed E-state index contributed by atoms with van der Waals surface area (Å²) in [5.74, 6) is 1.93. The van der Waals surface area contributed by atoms with Crippen LogP contribution < -0.4 is 11.1 Å². The van der Waals surface area contributed by atoms with E-state index in [1.165, 1.54) is 44.9 Å². The Bertz CT molecular complexity index is 687. The van der Waals surface area contributed by atoms with Crippen molar-refractivity contribution in [2.24, 2.45) is 17.1 Å². The Kier molecular flexibility index (Phi) is 12.6. The Labute approximate surface area is 195 Å². The average Bonchev–Trinajstić information content (AvgIpc) is 2.97. The lowest BCUT2D eigenvalue weighted by Crippen LogP contribution is -2.23. The number of amides is 2. The molecular formula is C25H47N5O2. The number of hydrogen-bond donors (Lipinski definition) is 2. The first-order valence-electron chi connectivity index (χ1n) is 12.3. The van der Waals surface area contributed by atoms with Gasteiger partial charge in [-0.05, 0) is 37.8 Å². The molecule has 0 aromatic carbocycles. The van der Waals surface area contributed by atoms with Crippen molar-refractivity contribution in [1.29, 1.82) is 0 Å². The van der Waals surface area contributed by atoms with E-state index in [2.05, 4.69) is 55.3 Å². The number of hydrogen-bond acceptors (Lipinski definition) is 4. The van der Waals surface area contributed by atoms with E-state index >= 15 is 0 Å². The number of carbonyl (C=O) groups is 2. The van der Waals surface area contributed by atoms with E-state index in [4.69, 9.17) is 9.78 Å². The lowest BCUT2D eigenvalue weighted by atomic mass is 9.86. The highest BCUT2D eigenvalue weighted by Crippen LogP contribution is 2.28. The third-order valence-electron chi connectivity index (χ3n) is 6.50. The fourth-order valence-electron chi connectivity index (χ4n) is 4.10. The van der Waals surface area contributed by atoms with Gasteiger partial charge < -0.3 is 20.5 Å². The highest BCUT2D eigenvalue weighted by Gasteiger charge is 2.25. The molecule has 2 aliphatic rings. The first kappa shape index (κ1) is 28.1. The number of fused-ring (bicyclic) bond motifs is 1. The van der Waals surface area contributed by atoms with Gasteiger partial charge in [-0.2, -0.15) is 0 Å². The molecule has 2 heterocycles. The largest absolute Gasteiger partial charge is 0.372 e. The standard InChI is InChI=1S/C18H30N4O.C6H14.CH3NO/c1-19-18(23)17-15-13-21(2)11-6-12-22(15)16(20-17)10-9-14-7-4-3-5-8-14;1-5-6(2,3)4;2-1-3/h14H,3-13H2,1-2H3,(H,19,23);5H2,1-4H3;1H,(H2,2,3). The summed E-state index contributed by atoms with van der Waals surface area (Å²) in [6.45, 7) is 11.8. The van der Waals surface area contributed by atoms with Crippen LogP contribution in [0.4, 0.5) is 0 Å². The number of aryl methyl sites for hydroxylation is 1. The number of rotatable bonds is 4. The van der Waals surface area contributed by atoms with Crippen molar-refractivity contribution in [2.75, 3.05) is 20.6 Å². The zero-order valence-electron chi connectivity index (χ0n) is 21.4. The molecule has 184 valence electrons. The first-order valence-corrected chi connectivity index (χ1v) is 12.3. The van der Waals surface area contributed by atoms with Crippen LogP contribution in [-0.4, -0.2) is 47.4 Å². The highest BCUT2D eigenvalue weighted by atomic mass is 16.1. The van der Waals surface area contributed by atoms with Crippen molar-refractivity contribution in [3.63, 3.8) is 0 Å². The van der Waals surface area contributed by atoms with Crippen LogP contribution in [-0.2, 0) is 24.3 Å². The number of carbonyl (C=O) groups excluding carboxylic acids is 2. The van der Waals surface area contributed by atoms with E-state index < -0.39 is 0 Å². The van der Waals surface area contributed by atoms with Gasteiger partial charge in [-0.15, -0.1) is 0 Å². The normalized spacial score (nSPS) is 17.1. The minimum Gasteiger partial charge on any atom is -0.372 e. The maximum absolute atomic E-state index is 12.2. The minimum atomic E-state index is -0.0482. The van der Waals surface area contributed by atoms with Gasteiger partial charge in [-0.1, -0.05) is 66.2 Å². The third kappa shape index (κ3) is 9.72. The Morgan fingerprint density at radius 2 is 1.78 bits per heavy atom. The predicted molar refractivity (Wildman–Crippen MR) is 131 cm³/mol. The summed E-state index contributed by atoms with van der Waals surface area (Å²) in [4.78, 5) is 27.8. The third-order valence-corrected chi connectivity index (χ3v) is 6.50. The fraction of sp³-hybridized carbons (Fsp3) is 0.800. The predicted octanol–water partition coefficient (Wildman–Crippen LogP) is 4.14. The Hall–Kier alpha value is -1.89. The summed E-state index contributed by atoms with van der Waals surface area (Å²) in [6, 6.07) is 0. The lowest BCUT2D eigenvalue weighted by Gasteiger charge is -2.21. The molecule has 0 unspecified atom stereocenters. The molecule has 32 heavy (non-hydrogen) atoms. The second kappa shape index (κ2) is 14.3. The fourth-order valence-corrected chi connectivity index (χ4v) is 4.10. The van der Waals surface area contributed by atoms with Gasteiger partial charge in [0.15, 0.2) is 5.69 Å². The van der Waals surface area contributed by atoms with Crippen molar-refractivity contribution in [2.45, 2.75) is 98.6 Å². The van der Waals surface area contributed by atoms with Crippen LogP contribution in [0, 0.1) is 11.3 Å². The number of primary amides is 1. The van der Waals surface area contributed by atoms with Crippen LogP contribution in [0.3, 0.4) is 0 Å². The molecule has 0 saturated heterocycles. The van der Waals surface area contributed by atoms with Crippen LogP contribution in [0.2, 0.25) is 0 Å². The topological polar surface area (TPSA) is 93.2 Å². The van der Waals surface area contributed by atoms with Gasteiger partial charge in [0.1, 0.15) is 5.82 Å².